The quantitative estimate of drug-likeness (QED) is 0.800. The van der Waals surface area contributed by atoms with E-state index >= 15 is 0 Å². The summed E-state index contributed by atoms with van der Waals surface area (Å²) < 4.78 is 7.44. The molecule has 0 saturated carbocycles. The summed E-state index contributed by atoms with van der Waals surface area (Å²) in [6.07, 6.45) is 0. The Morgan fingerprint density at radius 3 is 2.55 bits per heavy atom. The van der Waals surface area contributed by atoms with Crippen LogP contribution < -0.4 is 0 Å². The number of carbonyl (C=O) groups is 1. The number of rotatable bonds is 4. The number of carboxylic acid groups (broad SMARTS) is 1. The van der Waals surface area contributed by atoms with Crippen LogP contribution in [0.1, 0.15) is 11.4 Å². The molecule has 0 fully saturated rings. The Hall–Kier alpha value is -2.89. The molecular formula is C16H15N3O3. The zero-order valence-electron chi connectivity index (χ0n) is 12.3. The van der Waals surface area contributed by atoms with Gasteiger partial charge in [0.2, 0.25) is 11.8 Å². The van der Waals surface area contributed by atoms with Gasteiger partial charge in [-0.2, -0.15) is 0 Å². The van der Waals surface area contributed by atoms with Gasteiger partial charge < -0.3 is 14.1 Å². The fraction of sp³-hybridized carbons (Fsp3) is 0.188. The lowest BCUT2D eigenvalue weighted by atomic mass is 10.2. The van der Waals surface area contributed by atoms with Crippen LogP contribution in [-0.4, -0.2) is 25.8 Å². The smallest absolute Gasteiger partial charge is 0.323 e. The molecule has 0 spiro atoms. The second kappa shape index (κ2) is 5.48. The molecule has 6 nitrogen and oxygen atoms in total. The number of aliphatic carboxylic acids is 1. The van der Waals surface area contributed by atoms with Crippen LogP contribution in [0, 0.1) is 13.8 Å². The third-order valence-electron chi connectivity index (χ3n) is 3.54. The zero-order chi connectivity index (χ0) is 15.7. The van der Waals surface area contributed by atoms with Crippen LogP contribution in [0.4, 0.5) is 0 Å². The minimum absolute atomic E-state index is 0.0860. The highest BCUT2D eigenvalue weighted by atomic mass is 16.4. The Kier molecular flexibility index (Phi) is 3.50. The van der Waals surface area contributed by atoms with Gasteiger partial charge in [0.05, 0.1) is 5.56 Å². The zero-order valence-corrected chi connectivity index (χ0v) is 12.3. The first-order chi connectivity index (χ1) is 10.6. The van der Waals surface area contributed by atoms with E-state index in [9.17, 15) is 4.79 Å². The highest BCUT2D eigenvalue weighted by Crippen LogP contribution is 2.28. The summed E-state index contributed by atoms with van der Waals surface area (Å²) in [7, 11) is 0. The molecule has 0 amide bonds. The van der Waals surface area contributed by atoms with Gasteiger partial charge in [-0.3, -0.25) is 4.79 Å². The molecule has 1 N–H and O–H groups in total. The molecule has 2 heterocycles. The minimum atomic E-state index is -0.885. The lowest BCUT2D eigenvalue weighted by molar-refractivity contribution is -0.137. The summed E-state index contributed by atoms with van der Waals surface area (Å²) in [5.74, 6) is -0.0499. The number of aryl methyl sites for hydroxylation is 1. The molecule has 112 valence electrons. The van der Waals surface area contributed by atoms with Crippen LogP contribution in [-0.2, 0) is 11.3 Å². The van der Waals surface area contributed by atoms with Gasteiger partial charge in [-0.15, -0.1) is 10.2 Å². The molecular weight excluding hydrogens is 282 g/mol. The third-order valence-corrected chi connectivity index (χ3v) is 3.54. The van der Waals surface area contributed by atoms with Gasteiger partial charge in [-0.25, -0.2) is 0 Å². The van der Waals surface area contributed by atoms with Gasteiger partial charge in [0.25, 0.3) is 0 Å². The minimum Gasteiger partial charge on any atom is -0.480 e. The van der Waals surface area contributed by atoms with Gasteiger partial charge >= 0.3 is 5.97 Å². The predicted octanol–water partition coefficient (Wildman–Crippen LogP) is 2.91. The summed E-state index contributed by atoms with van der Waals surface area (Å²) in [6, 6.07) is 11.4. The molecule has 6 heteroatoms. The van der Waals surface area contributed by atoms with E-state index < -0.39 is 5.97 Å². The molecule has 0 unspecified atom stereocenters. The molecule has 2 aromatic heterocycles. The fourth-order valence-corrected chi connectivity index (χ4v) is 2.43. The number of aromatic nitrogens is 3. The van der Waals surface area contributed by atoms with Crippen LogP contribution in [0.15, 0.2) is 40.8 Å². The molecule has 0 bridgehead atoms. The molecule has 0 saturated heterocycles. The number of benzene rings is 1. The van der Waals surface area contributed by atoms with Crippen molar-refractivity contribution in [1.29, 1.82) is 0 Å². The second-order valence-electron chi connectivity index (χ2n) is 5.04. The molecule has 22 heavy (non-hydrogen) atoms. The van der Waals surface area contributed by atoms with Crippen molar-refractivity contribution in [2.24, 2.45) is 0 Å². The van der Waals surface area contributed by atoms with Gasteiger partial charge in [-0.1, -0.05) is 18.2 Å². The largest absolute Gasteiger partial charge is 0.480 e. The van der Waals surface area contributed by atoms with Crippen molar-refractivity contribution in [3.8, 4) is 22.9 Å². The molecule has 3 rings (SSSR count). The summed E-state index contributed by atoms with van der Waals surface area (Å²) in [5, 5.41) is 17.1. The molecule has 0 radical (unpaired) electrons. The van der Waals surface area contributed by atoms with E-state index in [1.165, 1.54) is 0 Å². The van der Waals surface area contributed by atoms with Crippen molar-refractivity contribution < 1.29 is 14.3 Å². The first-order valence-electron chi connectivity index (χ1n) is 6.84. The number of nitrogens with zero attached hydrogens (tertiary/aromatic N) is 3. The second-order valence-corrected chi connectivity index (χ2v) is 5.04. The third kappa shape index (κ3) is 2.50. The maximum atomic E-state index is 10.9. The van der Waals surface area contributed by atoms with Crippen molar-refractivity contribution in [2.45, 2.75) is 20.4 Å². The number of carboxylic acids is 1. The Morgan fingerprint density at radius 1 is 1.18 bits per heavy atom. The summed E-state index contributed by atoms with van der Waals surface area (Å²) in [5.41, 5.74) is 3.24. The van der Waals surface area contributed by atoms with Crippen molar-refractivity contribution in [2.75, 3.05) is 0 Å². The van der Waals surface area contributed by atoms with E-state index in [-0.39, 0.29) is 6.54 Å². The van der Waals surface area contributed by atoms with Crippen molar-refractivity contribution in [3.63, 3.8) is 0 Å². The van der Waals surface area contributed by atoms with Gasteiger partial charge in [0, 0.05) is 17.0 Å². The Morgan fingerprint density at radius 2 is 1.86 bits per heavy atom. The normalized spacial score (nSPS) is 10.8. The highest BCUT2D eigenvalue weighted by molar-refractivity contribution is 5.68. The lowest BCUT2D eigenvalue weighted by Crippen LogP contribution is -2.11. The van der Waals surface area contributed by atoms with E-state index in [4.69, 9.17) is 9.52 Å². The van der Waals surface area contributed by atoms with Crippen LogP contribution in [0.25, 0.3) is 22.9 Å². The standard InChI is InChI=1S/C16H15N3O3/c1-10-8-13(11(2)19(10)9-14(20)21)16-18-17-15(22-16)12-6-4-3-5-7-12/h3-8H,9H2,1-2H3,(H,20,21). The van der Waals surface area contributed by atoms with Gasteiger partial charge in [0.1, 0.15) is 6.54 Å². The van der Waals surface area contributed by atoms with Crippen molar-refractivity contribution in [1.82, 2.24) is 14.8 Å². The first kappa shape index (κ1) is 14.1. The Bertz CT molecular complexity index is 819. The SMILES string of the molecule is Cc1cc(-c2nnc(-c3ccccc3)o2)c(C)n1CC(=O)O. The van der Waals surface area contributed by atoms with E-state index in [0.29, 0.717) is 11.8 Å². The summed E-state index contributed by atoms with van der Waals surface area (Å²) in [6.45, 7) is 3.61. The van der Waals surface area contributed by atoms with Crippen LogP contribution in [0.2, 0.25) is 0 Å². The number of hydrogen-bond acceptors (Lipinski definition) is 4. The molecule has 0 atom stereocenters. The Labute approximate surface area is 127 Å². The predicted molar refractivity (Wildman–Crippen MR) is 80.3 cm³/mol. The van der Waals surface area contributed by atoms with E-state index in [1.807, 2.05) is 50.2 Å². The van der Waals surface area contributed by atoms with E-state index in [0.717, 1.165) is 22.5 Å². The lowest BCUT2D eigenvalue weighted by Gasteiger charge is -2.05. The Balaban J connectivity index is 1.99. The molecule has 0 aliphatic heterocycles. The molecule has 0 aliphatic carbocycles. The highest BCUT2D eigenvalue weighted by Gasteiger charge is 2.18. The molecule has 3 aromatic rings. The first-order valence-corrected chi connectivity index (χ1v) is 6.84. The van der Waals surface area contributed by atoms with Crippen LogP contribution >= 0.6 is 0 Å². The summed E-state index contributed by atoms with van der Waals surface area (Å²) in [4.78, 5) is 10.9. The van der Waals surface area contributed by atoms with E-state index in [1.54, 1.807) is 4.57 Å². The molecule has 1 aromatic carbocycles. The van der Waals surface area contributed by atoms with Crippen molar-refractivity contribution >= 4 is 5.97 Å². The van der Waals surface area contributed by atoms with Gasteiger partial charge in [-0.05, 0) is 32.0 Å². The van der Waals surface area contributed by atoms with Crippen molar-refractivity contribution in [3.05, 3.63) is 47.8 Å². The average molecular weight is 297 g/mol. The van der Waals surface area contributed by atoms with E-state index in [2.05, 4.69) is 10.2 Å². The monoisotopic (exact) mass is 297 g/mol. The maximum absolute atomic E-state index is 10.9. The topological polar surface area (TPSA) is 81.2 Å². The van der Waals surface area contributed by atoms with Crippen LogP contribution in [0.3, 0.4) is 0 Å². The van der Waals surface area contributed by atoms with Crippen LogP contribution in [0.5, 0.6) is 0 Å². The molecule has 0 aliphatic rings. The summed E-state index contributed by atoms with van der Waals surface area (Å²) >= 11 is 0. The fourth-order valence-electron chi connectivity index (χ4n) is 2.43. The average Bonchev–Trinajstić information content (AvgIpc) is 3.08. The van der Waals surface area contributed by atoms with Gasteiger partial charge in [0.15, 0.2) is 0 Å². The maximum Gasteiger partial charge on any atom is 0.323 e. The number of hydrogen-bond donors (Lipinski definition) is 1.